The normalized spacial score (nSPS) is 11.2. The quantitative estimate of drug-likeness (QED) is 0.863. The summed E-state index contributed by atoms with van der Waals surface area (Å²) in [6.07, 6.45) is 0. The fourth-order valence-corrected chi connectivity index (χ4v) is 2.75. The molecule has 0 aliphatic heterocycles. The van der Waals surface area contributed by atoms with E-state index in [-0.39, 0.29) is 5.56 Å². The maximum Gasteiger partial charge on any atom is 0.269 e. The Balaban J connectivity index is 2.34. The summed E-state index contributed by atoms with van der Waals surface area (Å²) >= 11 is 1.84. The van der Waals surface area contributed by atoms with Crippen LogP contribution in [0.5, 0.6) is 0 Å². The Bertz CT molecular complexity index is 593. The van der Waals surface area contributed by atoms with Gasteiger partial charge in [0.25, 0.3) is 5.56 Å². The molecule has 2 rings (SSSR count). The van der Waals surface area contributed by atoms with Gasteiger partial charge >= 0.3 is 0 Å². The summed E-state index contributed by atoms with van der Waals surface area (Å²) in [6, 6.07) is 8.32. The lowest BCUT2D eigenvalue weighted by atomic mass is 10.1. The van der Waals surface area contributed by atoms with Gasteiger partial charge in [-0.25, -0.2) is 0 Å². The zero-order valence-electron chi connectivity index (χ0n) is 11.2. The predicted molar refractivity (Wildman–Crippen MR) is 77.2 cm³/mol. The molecule has 3 nitrogen and oxygen atoms in total. The molecule has 0 amide bonds. The van der Waals surface area contributed by atoms with Crippen LogP contribution in [-0.4, -0.2) is 15.0 Å². The molecule has 1 aromatic carbocycles. The summed E-state index contributed by atoms with van der Waals surface area (Å²) in [6.45, 7) is 6.21. The first kappa shape index (κ1) is 13.0. The van der Waals surface area contributed by atoms with Gasteiger partial charge < -0.3 is 0 Å². The molecule has 2 aromatic rings. The van der Waals surface area contributed by atoms with Gasteiger partial charge in [-0.2, -0.15) is 0 Å². The standard InChI is InChI=1S/C14H18N2OS/c1-9(2)18-12-7-5-11(6-8-12)13-10(3)14(17)16(4)15-13/h5-9,15H,1-4H3. The molecule has 0 bridgehead atoms. The van der Waals surface area contributed by atoms with Gasteiger partial charge in [0.1, 0.15) is 0 Å². The molecule has 0 aliphatic rings. The molecule has 0 radical (unpaired) electrons. The Morgan fingerprint density at radius 1 is 1.22 bits per heavy atom. The second-order valence-electron chi connectivity index (χ2n) is 4.67. The minimum absolute atomic E-state index is 0.0330. The number of nitrogens with zero attached hydrogens (tertiary/aromatic N) is 1. The summed E-state index contributed by atoms with van der Waals surface area (Å²) < 4.78 is 1.52. The fraction of sp³-hybridized carbons (Fsp3) is 0.357. The van der Waals surface area contributed by atoms with E-state index < -0.39 is 0 Å². The van der Waals surface area contributed by atoms with Crippen LogP contribution in [0, 0.1) is 6.92 Å². The number of aromatic nitrogens is 2. The van der Waals surface area contributed by atoms with Crippen molar-refractivity contribution in [2.24, 2.45) is 7.05 Å². The molecule has 0 saturated heterocycles. The van der Waals surface area contributed by atoms with Crippen LogP contribution < -0.4 is 5.56 Å². The van der Waals surface area contributed by atoms with Gasteiger partial charge in [0, 0.05) is 22.8 Å². The molecular formula is C14H18N2OS. The number of thioether (sulfide) groups is 1. The molecule has 0 atom stereocenters. The highest BCUT2D eigenvalue weighted by atomic mass is 32.2. The van der Waals surface area contributed by atoms with Crippen LogP contribution in [0.1, 0.15) is 19.4 Å². The van der Waals surface area contributed by atoms with E-state index in [2.05, 4.69) is 43.2 Å². The highest BCUT2D eigenvalue weighted by Crippen LogP contribution is 2.26. The molecular weight excluding hydrogens is 244 g/mol. The van der Waals surface area contributed by atoms with Crippen molar-refractivity contribution < 1.29 is 0 Å². The second kappa shape index (κ2) is 5.06. The number of H-pyrrole nitrogens is 1. The minimum Gasteiger partial charge on any atom is -0.295 e. The first-order valence-corrected chi connectivity index (χ1v) is 6.89. The number of aromatic amines is 1. The highest BCUT2D eigenvalue weighted by Gasteiger charge is 2.09. The first-order chi connectivity index (χ1) is 8.49. The van der Waals surface area contributed by atoms with E-state index in [1.165, 1.54) is 9.58 Å². The van der Waals surface area contributed by atoms with E-state index in [0.717, 1.165) is 16.8 Å². The van der Waals surface area contributed by atoms with Crippen LogP contribution >= 0.6 is 11.8 Å². The summed E-state index contributed by atoms with van der Waals surface area (Å²) in [5.74, 6) is 0. The topological polar surface area (TPSA) is 37.8 Å². The van der Waals surface area contributed by atoms with Crippen LogP contribution in [0.4, 0.5) is 0 Å². The lowest BCUT2D eigenvalue weighted by Crippen LogP contribution is -2.12. The van der Waals surface area contributed by atoms with Gasteiger partial charge in [0.05, 0.1) is 5.69 Å². The first-order valence-electron chi connectivity index (χ1n) is 6.01. The van der Waals surface area contributed by atoms with E-state index in [1.54, 1.807) is 7.05 Å². The molecule has 96 valence electrons. The Hall–Kier alpha value is -1.42. The predicted octanol–water partition coefficient (Wildman–Crippen LogP) is 3.19. The fourth-order valence-electron chi connectivity index (χ4n) is 1.91. The minimum atomic E-state index is 0.0330. The lowest BCUT2D eigenvalue weighted by molar-refractivity contribution is 0.741. The molecule has 0 saturated carbocycles. The zero-order valence-corrected chi connectivity index (χ0v) is 12.0. The maximum atomic E-state index is 11.7. The number of rotatable bonds is 3. The van der Waals surface area contributed by atoms with Crippen LogP contribution in [0.15, 0.2) is 34.0 Å². The van der Waals surface area contributed by atoms with Gasteiger partial charge in [0.2, 0.25) is 0 Å². The molecule has 0 fully saturated rings. The Morgan fingerprint density at radius 3 is 2.28 bits per heavy atom. The summed E-state index contributed by atoms with van der Waals surface area (Å²) in [5, 5.41) is 3.66. The van der Waals surface area contributed by atoms with Crippen LogP contribution in [0.3, 0.4) is 0 Å². The van der Waals surface area contributed by atoms with E-state index in [4.69, 9.17) is 0 Å². The van der Waals surface area contributed by atoms with Crippen LogP contribution in [0.2, 0.25) is 0 Å². The molecule has 0 spiro atoms. The Kier molecular flexibility index (Phi) is 3.66. The average Bonchev–Trinajstić information content (AvgIpc) is 2.57. The average molecular weight is 262 g/mol. The number of benzene rings is 1. The van der Waals surface area contributed by atoms with E-state index in [9.17, 15) is 4.79 Å². The summed E-state index contributed by atoms with van der Waals surface area (Å²) in [4.78, 5) is 13.0. The summed E-state index contributed by atoms with van der Waals surface area (Å²) in [7, 11) is 1.74. The number of hydrogen-bond acceptors (Lipinski definition) is 2. The molecule has 0 aliphatic carbocycles. The van der Waals surface area contributed by atoms with Crippen molar-refractivity contribution in [3.05, 3.63) is 40.2 Å². The lowest BCUT2D eigenvalue weighted by Gasteiger charge is -2.05. The van der Waals surface area contributed by atoms with Crippen molar-refractivity contribution in [1.29, 1.82) is 0 Å². The highest BCUT2D eigenvalue weighted by molar-refractivity contribution is 7.99. The van der Waals surface area contributed by atoms with E-state index >= 15 is 0 Å². The molecule has 4 heteroatoms. The third kappa shape index (κ3) is 2.53. The third-order valence-electron chi connectivity index (χ3n) is 2.79. The van der Waals surface area contributed by atoms with Crippen LogP contribution in [-0.2, 0) is 7.05 Å². The van der Waals surface area contributed by atoms with Gasteiger partial charge in [-0.05, 0) is 24.6 Å². The number of aryl methyl sites for hydroxylation is 1. The largest absolute Gasteiger partial charge is 0.295 e. The van der Waals surface area contributed by atoms with Crippen molar-refractivity contribution >= 4 is 11.8 Å². The Labute approximate surface area is 111 Å². The molecule has 18 heavy (non-hydrogen) atoms. The Morgan fingerprint density at radius 2 is 1.83 bits per heavy atom. The van der Waals surface area contributed by atoms with Crippen molar-refractivity contribution in [1.82, 2.24) is 9.78 Å². The van der Waals surface area contributed by atoms with Gasteiger partial charge in [0.15, 0.2) is 0 Å². The van der Waals surface area contributed by atoms with Crippen molar-refractivity contribution in [3.8, 4) is 11.3 Å². The van der Waals surface area contributed by atoms with E-state index in [0.29, 0.717) is 5.25 Å². The smallest absolute Gasteiger partial charge is 0.269 e. The van der Waals surface area contributed by atoms with Gasteiger partial charge in [-0.1, -0.05) is 26.0 Å². The maximum absolute atomic E-state index is 11.7. The molecule has 0 unspecified atom stereocenters. The van der Waals surface area contributed by atoms with Crippen molar-refractivity contribution in [3.63, 3.8) is 0 Å². The monoisotopic (exact) mass is 262 g/mol. The van der Waals surface area contributed by atoms with Gasteiger partial charge in [-0.3, -0.25) is 14.6 Å². The number of nitrogens with one attached hydrogen (secondary N) is 1. The second-order valence-corrected chi connectivity index (χ2v) is 6.32. The van der Waals surface area contributed by atoms with Crippen molar-refractivity contribution in [2.45, 2.75) is 30.9 Å². The van der Waals surface area contributed by atoms with Crippen LogP contribution in [0.25, 0.3) is 11.3 Å². The number of hydrogen-bond donors (Lipinski definition) is 1. The molecule has 1 heterocycles. The SMILES string of the molecule is Cc1c(-c2ccc(SC(C)C)cc2)[nH]n(C)c1=O. The van der Waals surface area contributed by atoms with Crippen molar-refractivity contribution in [2.75, 3.05) is 0 Å². The summed E-state index contributed by atoms with van der Waals surface area (Å²) in [5.41, 5.74) is 2.76. The third-order valence-corrected chi connectivity index (χ3v) is 3.81. The zero-order chi connectivity index (χ0) is 13.3. The van der Waals surface area contributed by atoms with E-state index in [1.807, 2.05) is 18.7 Å². The van der Waals surface area contributed by atoms with Gasteiger partial charge in [-0.15, -0.1) is 11.8 Å². The molecule has 1 aromatic heterocycles. The molecule has 1 N–H and O–H groups in total.